The minimum absolute atomic E-state index is 0.205. The van der Waals surface area contributed by atoms with Crippen molar-refractivity contribution in [2.45, 2.75) is 25.9 Å². The molecule has 5 nitrogen and oxygen atoms in total. The summed E-state index contributed by atoms with van der Waals surface area (Å²) in [6.45, 7) is 2.65. The number of carbonyl (C=O) groups excluding carboxylic acids is 1. The number of esters is 1. The number of hydrogen-bond acceptors (Lipinski definition) is 6. The summed E-state index contributed by atoms with van der Waals surface area (Å²) in [6, 6.07) is 5.85. The Balaban J connectivity index is 1.98. The van der Waals surface area contributed by atoms with E-state index in [4.69, 9.17) is 4.74 Å². The lowest BCUT2D eigenvalue weighted by molar-refractivity contribution is -0.142. The summed E-state index contributed by atoms with van der Waals surface area (Å²) < 4.78 is 8.82. The van der Waals surface area contributed by atoms with Crippen molar-refractivity contribution in [3.8, 4) is 0 Å². The maximum Gasteiger partial charge on any atom is 0.328 e. The second-order valence-electron chi connectivity index (χ2n) is 4.84. The van der Waals surface area contributed by atoms with Crippen LogP contribution in [-0.2, 0) is 22.5 Å². The Morgan fingerprint density at radius 1 is 1.55 bits per heavy atom. The van der Waals surface area contributed by atoms with Gasteiger partial charge in [0.25, 0.3) is 0 Å². The first-order valence-corrected chi connectivity index (χ1v) is 7.23. The van der Waals surface area contributed by atoms with Gasteiger partial charge in [0, 0.05) is 17.5 Å². The van der Waals surface area contributed by atoms with Gasteiger partial charge in [0.2, 0.25) is 0 Å². The fourth-order valence-corrected chi connectivity index (χ4v) is 3.10. The van der Waals surface area contributed by atoms with Gasteiger partial charge in [-0.1, -0.05) is 16.6 Å². The van der Waals surface area contributed by atoms with Crippen LogP contribution in [0.3, 0.4) is 0 Å². The van der Waals surface area contributed by atoms with Crippen LogP contribution in [0.15, 0.2) is 23.6 Å². The van der Waals surface area contributed by atoms with Crippen LogP contribution in [0.5, 0.6) is 0 Å². The first kappa shape index (κ1) is 13.1. The third-order valence-corrected chi connectivity index (χ3v) is 4.23. The van der Waals surface area contributed by atoms with Gasteiger partial charge in [-0.25, -0.2) is 4.79 Å². The number of methoxy groups -OCH3 is 1. The fraction of sp³-hybridized carbons (Fsp3) is 0.357. The van der Waals surface area contributed by atoms with E-state index in [0.29, 0.717) is 13.0 Å². The van der Waals surface area contributed by atoms with E-state index in [-0.39, 0.29) is 12.0 Å². The third-order valence-electron chi connectivity index (χ3n) is 3.68. The summed E-state index contributed by atoms with van der Waals surface area (Å²) in [5, 5.41) is 5.97. The normalized spacial score (nSPS) is 17.1. The Morgan fingerprint density at radius 3 is 3.10 bits per heavy atom. The highest BCUT2D eigenvalue weighted by Crippen LogP contribution is 2.35. The molecule has 0 aliphatic carbocycles. The zero-order valence-electron chi connectivity index (χ0n) is 11.4. The van der Waals surface area contributed by atoms with E-state index in [2.05, 4.69) is 27.5 Å². The van der Waals surface area contributed by atoms with E-state index in [1.54, 1.807) is 0 Å². The predicted octanol–water partition coefficient (Wildman–Crippen LogP) is 1.95. The first-order valence-electron chi connectivity index (χ1n) is 6.39. The zero-order valence-corrected chi connectivity index (χ0v) is 12.2. The van der Waals surface area contributed by atoms with Crippen molar-refractivity contribution in [1.82, 2.24) is 9.59 Å². The number of rotatable bonds is 3. The Hall–Kier alpha value is -1.95. The molecule has 6 heteroatoms. The monoisotopic (exact) mass is 289 g/mol. The standard InChI is InChI=1S/C14H15N3O2S/c1-9-4-3-5-12-11(9)6-13(14(18)19-2)17(12)7-10-8-20-16-15-10/h3-5,8,13H,6-7H2,1-2H3. The summed E-state index contributed by atoms with van der Waals surface area (Å²) in [4.78, 5) is 14.1. The average molecular weight is 289 g/mol. The molecule has 0 N–H and O–H groups in total. The van der Waals surface area contributed by atoms with Gasteiger partial charge in [-0.3, -0.25) is 0 Å². The Labute approximate surface area is 121 Å². The quantitative estimate of drug-likeness (QED) is 0.808. The second kappa shape index (κ2) is 5.20. The van der Waals surface area contributed by atoms with Gasteiger partial charge in [0.05, 0.1) is 19.3 Å². The molecule has 1 atom stereocenters. The van der Waals surface area contributed by atoms with Gasteiger partial charge in [-0.2, -0.15) is 0 Å². The molecule has 0 saturated heterocycles. The highest BCUT2D eigenvalue weighted by molar-refractivity contribution is 7.03. The molecule has 104 valence electrons. The highest BCUT2D eigenvalue weighted by Gasteiger charge is 2.36. The molecule has 3 rings (SSSR count). The lowest BCUT2D eigenvalue weighted by Gasteiger charge is -2.24. The number of fused-ring (bicyclic) bond motifs is 1. The fourth-order valence-electron chi connectivity index (χ4n) is 2.66. The number of anilines is 1. The number of ether oxygens (including phenoxy) is 1. The molecule has 1 aromatic heterocycles. The van der Waals surface area contributed by atoms with Crippen LogP contribution in [0.25, 0.3) is 0 Å². The Kier molecular flexibility index (Phi) is 3.40. The number of nitrogens with zero attached hydrogens (tertiary/aromatic N) is 3. The van der Waals surface area contributed by atoms with Crippen molar-refractivity contribution in [1.29, 1.82) is 0 Å². The lowest BCUT2D eigenvalue weighted by atomic mass is 10.0. The van der Waals surface area contributed by atoms with Crippen molar-refractivity contribution in [2.75, 3.05) is 12.0 Å². The molecule has 0 radical (unpaired) electrons. The third kappa shape index (κ3) is 2.16. The van der Waals surface area contributed by atoms with E-state index in [9.17, 15) is 4.79 Å². The van der Waals surface area contributed by atoms with Crippen LogP contribution < -0.4 is 4.90 Å². The van der Waals surface area contributed by atoms with E-state index in [0.717, 1.165) is 11.4 Å². The van der Waals surface area contributed by atoms with Crippen LogP contribution >= 0.6 is 11.5 Å². The van der Waals surface area contributed by atoms with Crippen LogP contribution in [-0.4, -0.2) is 28.7 Å². The van der Waals surface area contributed by atoms with Crippen molar-refractivity contribution in [2.24, 2.45) is 0 Å². The number of aromatic nitrogens is 2. The molecule has 0 amide bonds. The van der Waals surface area contributed by atoms with E-state index < -0.39 is 0 Å². The molecule has 1 aliphatic heterocycles. The van der Waals surface area contributed by atoms with Crippen molar-refractivity contribution >= 4 is 23.2 Å². The lowest BCUT2D eigenvalue weighted by Crippen LogP contribution is -2.39. The summed E-state index contributed by atoms with van der Waals surface area (Å²) >= 11 is 1.32. The van der Waals surface area contributed by atoms with Gasteiger partial charge in [-0.15, -0.1) is 5.10 Å². The molecular weight excluding hydrogens is 274 g/mol. The summed E-state index contributed by atoms with van der Waals surface area (Å²) in [5.41, 5.74) is 4.38. The van der Waals surface area contributed by atoms with E-state index >= 15 is 0 Å². The number of hydrogen-bond donors (Lipinski definition) is 0. The molecule has 2 aromatic rings. The highest BCUT2D eigenvalue weighted by atomic mass is 32.1. The molecule has 0 spiro atoms. The molecule has 0 bridgehead atoms. The smallest absolute Gasteiger partial charge is 0.328 e. The molecule has 0 saturated carbocycles. The Morgan fingerprint density at radius 2 is 2.40 bits per heavy atom. The van der Waals surface area contributed by atoms with E-state index in [1.807, 2.05) is 17.5 Å². The number of carbonyl (C=O) groups is 1. The van der Waals surface area contributed by atoms with E-state index in [1.165, 1.54) is 29.8 Å². The number of aryl methyl sites for hydroxylation is 1. The molecule has 0 fully saturated rings. The average Bonchev–Trinajstić information content (AvgIpc) is 3.08. The first-order chi connectivity index (χ1) is 9.70. The summed E-state index contributed by atoms with van der Waals surface area (Å²) in [6.07, 6.45) is 0.687. The summed E-state index contributed by atoms with van der Waals surface area (Å²) in [5.74, 6) is -0.205. The maximum atomic E-state index is 12.0. The molecule has 1 unspecified atom stereocenters. The second-order valence-corrected chi connectivity index (χ2v) is 5.45. The minimum atomic E-state index is -0.280. The number of benzene rings is 1. The maximum absolute atomic E-state index is 12.0. The molecule has 1 aliphatic rings. The molecule has 20 heavy (non-hydrogen) atoms. The Bertz CT molecular complexity index is 627. The largest absolute Gasteiger partial charge is 0.467 e. The minimum Gasteiger partial charge on any atom is -0.467 e. The molecule has 1 aromatic carbocycles. The van der Waals surface area contributed by atoms with Gasteiger partial charge in [-0.05, 0) is 35.6 Å². The SMILES string of the molecule is COC(=O)C1Cc2c(C)cccc2N1Cc1csnn1. The van der Waals surface area contributed by atoms with Crippen LogP contribution in [0.4, 0.5) is 5.69 Å². The van der Waals surface area contributed by atoms with Crippen molar-refractivity contribution in [3.05, 3.63) is 40.4 Å². The zero-order chi connectivity index (χ0) is 14.1. The predicted molar refractivity (Wildman–Crippen MR) is 76.8 cm³/mol. The van der Waals surface area contributed by atoms with Gasteiger partial charge < -0.3 is 9.64 Å². The molecular formula is C14H15N3O2S. The van der Waals surface area contributed by atoms with Gasteiger partial charge in [0.15, 0.2) is 0 Å². The summed E-state index contributed by atoms with van der Waals surface area (Å²) in [7, 11) is 1.43. The van der Waals surface area contributed by atoms with Crippen molar-refractivity contribution < 1.29 is 9.53 Å². The topological polar surface area (TPSA) is 55.3 Å². The van der Waals surface area contributed by atoms with Crippen LogP contribution in [0.1, 0.15) is 16.8 Å². The van der Waals surface area contributed by atoms with Crippen LogP contribution in [0, 0.1) is 6.92 Å². The molecule has 2 heterocycles. The van der Waals surface area contributed by atoms with Gasteiger partial charge in [0.1, 0.15) is 6.04 Å². The van der Waals surface area contributed by atoms with Crippen LogP contribution in [0.2, 0.25) is 0 Å². The van der Waals surface area contributed by atoms with Crippen molar-refractivity contribution in [3.63, 3.8) is 0 Å². The van der Waals surface area contributed by atoms with Gasteiger partial charge >= 0.3 is 5.97 Å².